The number of pyridine rings is 1. The molecule has 34 heavy (non-hydrogen) atoms. The summed E-state index contributed by atoms with van der Waals surface area (Å²) in [7, 11) is -2.85. The Balaban J connectivity index is 2.37. The molecule has 3 N–H and O–H groups in total. The van der Waals surface area contributed by atoms with Crippen LogP contribution in [-0.4, -0.2) is 47.1 Å². The predicted molar refractivity (Wildman–Crippen MR) is 124 cm³/mol. The highest BCUT2D eigenvalue weighted by Crippen LogP contribution is 2.40. The third-order valence-corrected chi connectivity index (χ3v) is 10.6. The largest absolute Gasteiger partial charge is 0.415 e. The number of aromatic nitrogens is 3. The minimum Gasteiger partial charge on any atom is -0.404 e. The average molecular weight is 505 g/mol. The molecule has 2 heterocycles. The second-order valence-corrected chi connectivity index (χ2v) is 14.9. The number of hydrogen-bond donors (Lipinski definition) is 3. The van der Waals surface area contributed by atoms with Crippen molar-refractivity contribution in [1.82, 2.24) is 19.9 Å². The number of nitrogens with zero attached hydrogens (tertiary/aromatic N) is 1. The van der Waals surface area contributed by atoms with Gasteiger partial charge in [-0.15, -0.1) is 0 Å². The van der Waals surface area contributed by atoms with Crippen LogP contribution in [0, 0.1) is 5.92 Å². The fraction of sp³-hybridized carbons (Fsp3) is 0.619. The maximum atomic E-state index is 14.1. The van der Waals surface area contributed by atoms with Gasteiger partial charge in [0.1, 0.15) is 12.1 Å². The molecule has 0 radical (unpaired) electrons. The first-order valence-electron chi connectivity index (χ1n) is 10.7. The number of carbonyl (C=O) groups excluding carboxylic acids is 1. The van der Waals surface area contributed by atoms with E-state index in [0.29, 0.717) is 0 Å². The van der Waals surface area contributed by atoms with E-state index < -0.39 is 66.9 Å². The zero-order valence-corrected chi connectivity index (χ0v) is 21.2. The van der Waals surface area contributed by atoms with Crippen LogP contribution < -0.4 is 22.1 Å². The first kappa shape index (κ1) is 27.6. The molecule has 0 aliphatic heterocycles. The number of alkyl halides is 3. The van der Waals surface area contributed by atoms with Crippen molar-refractivity contribution >= 4 is 25.1 Å². The first-order valence-corrected chi connectivity index (χ1v) is 13.7. The van der Waals surface area contributed by atoms with Gasteiger partial charge in [0.15, 0.2) is 14.4 Å². The molecular formula is C21H31F3N4O5Si. The molecule has 9 nitrogen and oxygen atoms in total. The average Bonchev–Trinajstić information content (AvgIpc) is 2.65. The van der Waals surface area contributed by atoms with Gasteiger partial charge in [0.2, 0.25) is 5.91 Å². The number of amides is 1. The van der Waals surface area contributed by atoms with Crippen LogP contribution >= 0.6 is 0 Å². The summed E-state index contributed by atoms with van der Waals surface area (Å²) in [6, 6.07) is -0.168. The van der Waals surface area contributed by atoms with E-state index in [4.69, 9.17) is 4.43 Å². The number of fused-ring (bicyclic) bond motifs is 1. The molecule has 2 aromatic rings. The van der Waals surface area contributed by atoms with Gasteiger partial charge in [-0.1, -0.05) is 34.6 Å². The molecule has 0 spiro atoms. The molecule has 0 saturated carbocycles. The topological polar surface area (TPSA) is 126 Å². The summed E-state index contributed by atoms with van der Waals surface area (Å²) >= 11 is 0. The van der Waals surface area contributed by atoms with E-state index in [1.54, 1.807) is 13.1 Å². The van der Waals surface area contributed by atoms with Crippen molar-refractivity contribution in [3.8, 4) is 0 Å². The molecule has 0 aliphatic carbocycles. The van der Waals surface area contributed by atoms with E-state index in [2.05, 4.69) is 10.3 Å². The van der Waals surface area contributed by atoms with Crippen molar-refractivity contribution in [1.29, 1.82) is 0 Å². The Morgan fingerprint density at radius 1 is 1.15 bits per heavy atom. The monoisotopic (exact) mass is 504 g/mol. The Hall–Kier alpha value is -2.67. The summed E-state index contributed by atoms with van der Waals surface area (Å²) in [6.07, 6.45) is -5.81. The van der Waals surface area contributed by atoms with Crippen LogP contribution in [0.3, 0.4) is 0 Å². The zero-order chi connectivity index (χ0) is 26.2. The molecule has 2 atom stereocenters. The highest BCUT2D eigenvalue weighted by Gasteiger charge is 2.52. The summed E-state index contributed by atoms with van der Waals surface area (Å²) in [5.74, 6) is -1.48. The van der Waals surface area contributed by atoms with E-state index >= 15 is 0 Å². The van der Waals surface area contributed by atoms with Gasteiger partial charge in [0.05, 0.1) is 11.4 Å². The lowest BCUT2D eigenvalue weighted by molar-refractivity contribution is -0.210. The van der Waals surface area contributed by atoms with Crippen LogP contribution in [0.5, 0.6) is 0 Å². The molecule has 1 amide bonds. The van der Waals surface area contributed by atoms with Crippen molar-refractivity contribution in [2.45, 2.75) is 77.6 Å². The number of carbonyl (C=O) groups is 1. The van der Waals surface area contributed by atoms with Crippen LogP contribution in [0.4, 0.5) is 13.2 Å². The SMILES string of the molecule is CC(C)C(NC(=O)Cn1ccc2c(=O)[nH]c(=O)[nH]c2c1=O)C(O[Si](C)(C)C(C)(C)C)C(F)(F)F. The third-order valence-electron chi connectivity index (χ3n) is 6.11. The van der Waals surface area contributed by atoms with Crippen LogP contribution in [-0.2, 0) is 15.8 Å². The van der Waals surface area contributed by atoms with Crippen molar-refractivity contribution in [3.63, 3.8) is 0 Å². The Morgan fingerprint density at radius 3 is 2.24 bits per heavy atom. The lowest BCUT2D eigenvalue weighted by atomic mass is 9.98. The minimum absolute atomic E-state index is 0.0822. The Kier molecular flexibility index (Phi) is 7.72. The maximum absolute atomic E-state index is 14.1. The summed E-state index contributed by atoms with van der Waals surface area (Å²) in [5, 5.41) is 1.81. The van der Waals surface area contributed by atoms with Gasteiger partial charge in [-0.25, -0.2) is 4.79 Å². The fourth-order valence-corrected chi connectivity index (χ4v) is 4.41. The molecule has 13 heteroatoms. The van der Waals surface area contributed by atoms with Crippen molar-refractivity contribution in [3.05, 3.63) is 43.5 Å². The molecule has 0 bridgehead atoms. The summed E-state index contributed by atoms with van der Waals surface area (Å²) in [4.78, 5) is 52.9. The summed E-state index contributed by atoms with van der Waals surface area (Å²) in [6.45, 7) is 11.3. The Labute approximate surface area is 194 Å². The number of halogens is 3. The van der Waals surface area contributed by atoms with Gasteiger partial charge in [0, 0.05) is 6.20 Å². The van der Waals surface area contributed by atoms with E-state index in [1.807, 2.05) is 25.8 Å². The molecule has 0 fully saturated rings. The van der Waals surface area contributed by atoms with Gasteiger partial charge < -0.3 is 19.3 Å². The second kappa shape index (κ2) is 9.53. The predicted octanol–water partition coefficient (Wildman–Crippen LogP) is 2.47. The standard InChI is InChI=1S/C21H31F3N4O5Si/c1-11(2)14(16(21(22,23)24)33-34(6,7)20(3,4)5)25-13(29)10-28-9-8-12-15(18(28)31)26-19(32)27-17(12)30/h8-9,11,14,16H,10H2,1-7H3,(H,25,29)(H2,26,27,30,32). The lowest BCUT2D eigenvalue weighted by Gasteiger charge is -2.42. The summed E-state index contributed by atoms with van der Waals surface area (Å²) in [5.41, 5.74) is -2.81. The van der Waals surface area contributed by atoms with Gasteiger partial charge >= 0.3 is 11.9 Å². The van der Waals surface area contributed by atoms with Gasteiger partial charge in [0.25, 0.3) is 11.1 Å². The van der Waals surface area contributed by atoms with E-state index in [0.717, 1.165) is 10.8 Å². The normalized spacial score (nSPS) is 14.9. The minimum atomic E-state index is -4.74. The molecule has 0 aromatic carbocycles. The molecule has 0 aliphatic rings. The van der Waals surface area contributed by atoms with Crippen molar-refractivity contribution in [2.75, 3.05) is 0 Å². The van der Waals surface area contributed by atoms with Gasteiger partial charge in [-0.05, 0) is 30.1 Å². The zero-order valence-electron chi connectivity index (χ0n) is 20.2. The van der Waals surface area contributed by atoms with Crippen LogP contribution in [0.2, 0.25) is 18.1 Å². The van der Waals surface area contributed by atoms with Gasteiger partial charge in [-0.3, -0.25) is 19.4 Å². The molecule has 190 valence electrons. The highest BCUT2D eigenvalue weighted by molar-refractivity contribution is 6.74. The third kappa shape index (κ3) is 6.06. The smallest absolute Gasteiger partial charge is 0.404 e. The van der Waals surface area contributed by atoms with Crippen molar-refractivity contribution in [2.24, 2.45) is 5.92 Å². The van der Waals surface area contributed by atoms with Crippen molar-refractivity contribution < 1.29 is 22.4 Å². The fourth-order valence-electron chi connectivity index (χ4n) is 3.14. The lowest BCUT2D eigenvalue weighted by Crippen LogP contribution is -2.59. The Bertz CT molecular complexity index is 1220. The molecule has 2 aromatic heterocycles. The number of nitrogens with one attached hydrogen (secondary N) is 3. The number of aromatic amines is 2. The molecule has 2 unspecified atom stereocenters. The van der Waals surface area contributed by atoms with Crippen LogP contribution in [0.15, 0.2) is 26.6 Å². The van der Waals surface area contributed by atoms with Gasteiger partial charge in [-0.2, -0.15) is 13.2 Å². The van der Waals surface area contributed by atoms with E-state index in [9.17, 15) is 32.3 Å². The van der Waals surface area contributed by atoms with Crippen LogP contribution in [0.25, 0.3) is 10.9 Å². The van der Waals surface area contributed by atoms with Crippen LogP contribution in [0.1, 0.15) is 34.6 Å². The maximum Gasteiger partial charge on any atom is 0.415 e. The Morgan fingerprint density at radius 2 is 1.74 bits per heavy atom. The highest BCUT2D eigenvalue weighted by atomic mass is 28.4. The number of rotatable bonds is 7. The molecule has 2 rings (SSSR count). The van der Waals surface area contributed by atoms with E-state index in [1.165, 1.54) is 19.9 Å². The molecule has 0 saturated heterocycles. The quantitative estimate of drug-likeness (QED) is 0.500. The molecular weight excluding hydrogens is 473 g/mol. The summed E-state index contributed by atoms with van der Waals surface area (Å²) < 4.78 is 48.8. The number of H-pyrrole nitrogens is 2. The number of hydrogen-bond acceptors (Lipinski definition) is 5. The second-order valence-electron chi connectivity index (χ2n) is 10.1. The van der Waals surface area contributed by atoms with E-state index in [-0.39, 0.29) is 10.9 Å². The first-order chi connectivity index (χ1) is 15.3.